The predicted octanol–water partition coefficient (Wildman–Crippen LogP) is 1.64. The summed E-state index contributed by atoms with van der Waals surface area (Å²) in [7, 11) is 0. The second-order valence-corrected chi connectivity index (χ2v) is 5.49. The van der Waals surface area contributed by atoms with E-state index in [1.807, 2.05) is 18.4 Å². The van der Waals surface area contributed by atoms with Crippen LogP contribution in [0.15, 0.2) is 11.4 Å². The number of thiophene rings is 1. The first-order valence-corrected chi connectivity index (χ1v) is 7.58. The number of nitrogens with one attached hydrogen (secondary N) is 1. The van der Waals surface area contributed by atoms with Crippen molar-refractivity contribution >= 4 is 45.0 Å². The number of rotatable bonds is 5. The third kappa shape index (κ3) is 3.11. The van der Waals surface area contributed by atoms with E-state index in [2.05, 4.69) is 15.3 Å². The van der Waals surface area contributed by atoms with Gasteiger partial charge in [-0.05, 0) is 18.4 Å². The lowest BCUT2D eigenvalue weighted by Crippen LogP contribution is -2.24. The Morgan fingerprint density at radius 1 is 1.56 bits per heavy atom. The predicted molar refractivity (Wildman–Crippen MR) is 76.7 cm³/mol. The zero-order valence-electron chi connectivity index (χ0n) is 9.97. The third-order valence-corrected chi connectivity index (χ3v) is 3.97. The number of anilines is 1. The van der Waals surface area contributed by atoms with Gasteiger partial charge in [0.2, 0.25) is 5.91 Å². The van der Waals surface area contributed by atoms with Crippen LogP contribution in [-0.4, -0.2) is 28.2 Å². The van der Waals surface area contributed by atoms with Crippen molar-refractivity contribution in [2.75, 3.05) is 18.0 Å². The summed E-state index contributed by atoms with van der Waals surface area (Å²) in [4.78, 5) is 20.8. The number of amides is 1. The summed E-state index contributed by atoms with van der Waals surface area (Å²) in [6, 6.07) is 1.92. The Morgan fingerprint density at radius 2 is 2.39 bits per heavy atom. The standard InChI is InChI=1S/C11H14N4OS2/c1-2-13-9(16)6-17-5-8-14-10(12)7-3-4-18-11(7)15-8/h3-4H,2,5-6H2,1H3,(H,13,16)(H2,12,14,15). The molecule has 0 saturated carbocycles. The maximum atomic E-state index is 11.3. The first-order chi connectivity index (χ1) is 8.70. The molecule has 0 saturated heterocycles. The molecule has 18 heavy (non-hydrogen) atoms. The van der Waals surface area contributed by atoms with Gasteiger partial charge in [-0.3, -0.25) is 4.79 Å². The first-order valence-electron chi connectivity index (χ1n) is 5.54. The highest BCUT2D eigenvalue weighted by atomic mass is 32.2. The minimum atomic E-state index is 0.0349. The van der Waals surface area contributed by atoms with E-state index >= 15 is 0 Å². The molecule has 7 heteroatoms. The number of carbonyl (C=O) groups is 1. The smallest absolute Gasteiger partial charge is 0.229 e. The van der Waals surface area contributed by atoms with Crippen LogP contribution in [0.2, 0.25) is 0 Å². The molecule has 2 aromatic heterocycles. The van der Waals surface area contributed by atoms with Gasteiger partial charge in [0.15, 0.2) is 0 Å². The molecule has 0 aliphatic carbocycles. The number of hydrogen-bond donors (Lipinski definition) is 2. The Balaban J connectivity index is 1.97. The number of nitrogens with two attached hydrogens (primary N) is 1. The Morgan fingerprint density at radius 3 is 3.17 bits per heavy atom. The third-order valence-electron chi connectivity index (χ3n) is 2.24. The maximum absolute atomic E-state index is 11.3. The van der Waals surface area contributed by atoms with Crippen molar-refractivity contribution in [3.8, 4) is 0 Å². The molecule has 0 aliphatic rings. The Bertz CT molecular complexity index is 555. The second-order valence-electron chi connectivity index (χ2n) is 3.61. The maximum Gasteiger partial charge on any atom is 0.229 e. The zero-order chi connectivity index (χ0) is 13.0. The molecule has 2 aromatic rings. The molecule has 0 unspecified atom stereocenters. The quantitative estimate of drug-likeness (QED) is 0.871. The average Bonchev–Trinajstić information content (AvgIpc) is 2.78. The van der Waals surface area contributed by atoms with Crippen LogP contribution in [0.1, 0.15) is 12.7 Å². The molecule has 0 atom stereocenters. The van der Waals surface area contributed by atoms with Crippen LogP contribution < -0.4 is 11.1 Å². The van der Waals surface area contributed by atoms with Gasteiger partial charge in [0.25, 0.3) is 0 Å². The van der Waals surface area contributed by atoms with Crippen molar-refractivity contribution in [1.82, 2.24) is 15.3 Å². The van der Waals surface area contributed by atoms with Gasteiger partial charge in [0, 0.05) is 6.54 Å². The summed E-state index contributed by atoms with van der Waals surface area (Å²) in [5.41, 5.74) is 5.85. The van der Waals surface area contributed by atoms with E-state index in [1.54, 1.807) is 11.3 Å². The van der Waals surface area contributed by atoms with Gasteiger partial charge < -0.3 is 11.1 Å². The van der Waals surface area contributed by atoms with Crippen LogP contribution in [-0.2, 0) is 10.5 Å². The minimum absolute atomic E-state index is 0.0349. The molecule has 2 rings (SSSR count). The van der Waals surface area contributed by atoms with E-state index in [9.17, 15) is 4.79 Å². The summed E-state index contributed by atoms with van der Waals surface area (Å²) in [5, 5.41) is 5.59. The number of fused-ring (bicyclic) bond motifs is 1. The van der Waals surface area contributed by atoms with Gasteiger partial charge in [0.1, 0.15) is 16.5 Å². The minimum Gasteiger partial charge on any atom is -0.383 e. The topological polar surface area (TPSA) is 80.9 Å². The molecule has 3 N–H and O–H groups in total. The van der Waals surface area contributed by atoms with Crippen molar-refractivity contribution in [2.45, 2.75) is 12.7 Å². The summed E-state index contributed by atoms with van der Waals surface area (Å²) in [6.45, 7) is 2.56. The molecule has 0 spiro atoms. The molecular formula is C11H14N4OS2. The summed E-state index contributed by atoms with van der Waals surface area (Å²) in [6.07, 6.45) is 0. The fourth-order valence-electron chi connectivity index (χ4n) is 1.47. The van der Waals surface area contributed by atoms with Crippen molar-refractivity contribution in [2.24, 2.45) is 0 Å². The molecule has 0 fully saturated rings. The Kier molecular flexibility index (Phi) is 4.38. The number of thioether (sulfide) groups is 1. The van der Waals surface area contributed by atoms with Gasteiger partial charge in [-0.15, -0.1) is 23.1 Å². The van der Waals surface area contributed by atoms with Crippen LogP contribution in [0.4, 0.5) is 5.82 Å². The monoisotopic (exact) mass is 282 g/mol. The lowest BCUT2D eigenvalue weighted by atomic mass is 10.4. The fourth-order valence-corrected chi connectivity index (χ4v) is 2.96. The SMILES string of the molecule is CCNC(=O)CSCc1nc(N)c2ccsc2n1. The van der Waals surface area contributed by atoms with Crippen LogP contribution in [0.3, 0.4) is 0 Å². The molecule has 1 amide bonds. The van der Waals surface area contributed by atoms with E-state index in [0.717, 1.165) is 10.2 Å². The molecule has 96 valence electrons. The Labute approximate surface area is 113 Å². The molecule has 5 nitrogen and oxygen atoms in total. The van der Waals surface area contributed by atoms with E-state index < -0.39 is 0 Å². The summed E-state index contributed by atoms with van der Waals surface area (Å²) < 4.78 is 0. The number of nitrogens with zero attached hydrogens (tertiary/aromatic N) is 2. The molecule has 0 aromatic carbocycles. The van der Waals surface area contributed by atoms with Crippen LogP contribution in [0.5, 0.6) is 0 Å². The Hall–Kier alpha value is -1.34. The van der Waals surface area contributed by atoms with Crippen LogP contribution in [0, 0.1) is 0 Å². The van der Waals surface area contributed by atoms with Gasteiger partial charge in [-0.25, -0.2) is 9.97 Å². The summed E-state index contributed by atoms with van der Waals surface area (Å²) >= 11 is 3.03. The first kappa shape index (κ1) is 13.1. The van der Waals surface area contributed by atoms with Crippen LogP contribution in [0.25, 0.3) is 10.2 Å². The number of aromatic nitrogens is 2. The zero-order valence-corrected chi connectivity index (χ0v) is 11.6. The largest absolute Gasteiger partial charge is 0.383 e. The molecule has 0 radical (unpaired) electrons. The lowest BCUT2D eigenvalue weighted by Gasteiger charge is -2.03. The normalized spacial score (nSPS) is 10.7. The summed E-state index contributed by atoms with van der Waals surface area (Å²) in [5.74, 6) is 2.23. The van der Waals surface area contributed by atoms with E-state index in [0.29, 0.717) is 29.7 Å². The van der Waals surface area contributed by atoms with Gasteiger partial charge in [0.05, 0.1) is 16.9 Å². The highest BCUT2D eigenvalue weighted by molar-refractivity contribution is 7.99. The van der Waals surface area contributed by atoms with E-state index in [-0.39, 0.29) is 5.91 Å². The van der Waals surface area contributed by atoms with Crippen molar-refractivity contribution in [3.05, 3.63) is 17.3 Å². The molecular weight excluding hydrogens is 268 g/mol. The molecule has 0 bridgehead atoms. The van der Waals surface area contributed by atoms with Gasteiger partial charge in [-0.2, -0.15) is 0 Å². The van der Waals surface area contributed by atoms with Crippen molar-refractivity contribution in [1.29, 1.82) is 0 Å². The van der Waals surface area contributed by atoms with Gasteiger partial charge >= 0.3 is 0 Å². The molecule has 2 heterocycles. The lowest BCUT2D eigenvalue weighted by molar-refractivity contribution is -0.118. The fraction of sp³-hybridized carbons (Fsp3) is 0.364. The highest BCUT2D eigenvalue weighted by Crippen LogP contribution is 2.23. The number of carbonyl (C=O) groups excluding carboxylic acids is 1. The van der Waals surface area contributed by atoms with E-state index in [4.69, 9.17) is 5.73 Å². The highest BCUT2D eigenvalue weighted by Gasteiger charge is 2.07. The second kappa shape index (κ2) is 6.01. The number of nitrogen functional groups attached to an aromatic ring is 1. The number of hydrogen-bond acceptors (Lipinski definition) is 6. The van der Waals surface area contributed by atoms with E-state index in [1.165, 1.54) is 11.8 Å². The van der Waals surface area contributed by atoms with Crippen molar-refractivity contribution in [3.63, 3.8) is 0 Å². The van der Waals surface area contributed by atoms with Crippen LogP contribution >= 0.6 is 23.1 Å². The molecule has 0 aliphatic heterocycles. The van der Waals surface area contributed by atoms with Crippen molar-refractivity contribution < 1.29 is 4.79 Å². The van der Waals surface area contributed by atoms with Gasteiger partial charge in [-0.1, -0.05) is 0 Å². The average molecular weight is 282 g/mol.